The van der Waals surface area contributed by atoms with Gasteiger partial charge in [0.1, 0.15) is 0 Å². The smallest absolute Gasteiger partial charge is 0.0675 e. The number of ether oxygens (including phenoxy) is 1. The molecule has 3 heteroatoms. The van der Waals surface area contributed by atoms with Gasteiger partial charge in [-0.05, 0) is 54.0 Å². The summed E-state index contributed by atoms with van der Waals surface area (Å²) in [7, 11) is 0. The van der Waals surface area contributed by atoms with Gasteiger partial charge in [0.25, 0.3) is 0 Å². The van der Waals surface area contributed by atoms with E-state index >= 15 is 0 Å². The van der Waals surface area contributed by atoms with Gasteiger partial charge in [0, 0.05) is 24.6 Å². The van der Waals surface area contributed by atoms with E-state index in [-0.39, 0.29) is 0 Å². The lowest BCUT2D eigenvalue weighted by Crippen LogP contribution is -2.45. The van der Waals surface area contributed by atoms with Crippen molar-refractivity contribution in [1.29, 1.82) is 0 Å². The molecular weight excluding hydrogens is 254 g/mol. The maximum absolute atomic E-state index is 6.14. The van der Waals surface area contributed by atoms with Crippen molar-refractivity contribution in [2.24, 2.45) is 11.3 Å². The monoisotopic (exact) mass is 279 g/mol. The molecule has 0 bridgehead atoms. The molecule has 0 radical (unpaired) electrons. The molecule has 2 heterocycles. The van der Waals surface area contributed by atoms with Gasteiger partial charge < -0.3 is 10.1 Å². The van der Waals surface area contributed by atoms with Gasteiger partial charge in [0.15, 0.2) is 0 Å². The molecule has 106 valence electrons. The van der Waals surface area contributed by atoms with E-state index in [4.69, 9.17) is 4.74 Å². The van der Waals surface area contributed by atoms with Gasteiger partial charge in [-0.2, -0.15) is 11.3 Å². The molecule has 1 aromatic heterocycles. The van der Waals surface area contributed by atoms with Crippen LogP contribution in [0.4, 0.5) is 0 Å². The average molecular weight is 279 g/mol. The highest BCUT2D eigenvalue weighted by Gasteiger charge is 2.50. The van der Waals surface area contributed by atoms with Crippen LogP contribution in [0.25, 0.3) is 0 Å². The van der Waals surface area contributed by atoms with Crippen molar-refractivity contribution in [3.05, 3.63) is 22.4 Å². The molecule has 1 aromatic rings. The van der Waals surface area contributed by atoms with Crippen molar-refractivity contribution in [2.75, 3.05) is 13.2 Å². The lowest BCUT2D eigenvalue weighted by Gasteiger charge is -2.35. The van der Waals surface area contributed by atoms with Gasteiger partial charge >= 0.3 is 0 Å². The van der Waals surface area contributed by atoms with Crippen LogP contribution in [0.3, 0.4) is 0 Å². The Morgan fingerprint density at radius 3 is 2.95 bits per heavy atom. The third-order valence-corrected chi connectivity index (χ3v) is 5.28. The molecule has 0 amide bonds. The highest BCUT2D eigenvalue weighted by atomic mass is 32.1. The Morgan fingerprint density at radius 1 is 1.47 bits per heavy atom. The van der Waals surface area contributed by atoms with E-state index in [0.717, 1.165) is 19.1 Å². The predicted molar refractivity (Wildman–Crippen MR) is 80.7 cm³/mol. The quantitative estimate of drug-likeness (QED) is 0.861. The van der Waals surface area contributed by atoms with E-state index in [9.17, 15) is 0 Å². The molecule has 0 spiro atoms. The molecule has 1 N–H and O–H groups in total. The summed E-state index contributed by atoms with van der Waals surface area (Å²) in [6, 6.07) is 2.84. The fraction of sp³-hybridized carbons (Fsp3) is 0.750. The standard InChI is InChI=1S/C16H25NOS/c1-12(2)17-11-16(9-13-5-8-19-10-13)6-7-18-15(16)14-3-4-14/h5,8,10,12,14-15,17H,3-4,6-7,9,11H2,1-2H3. The molecule has 1 aliphatic carbocycles. The van der Waals surface area contributed by atoms with Gasteiger partial charge in [-0.1, -0.05) is 13.8 Å². The highest BCUT2D eigenvalue weighted by Crippen LogP contribution is 2.49. The lowest BCUT2D eigenvalue weighted by molar-refractivity contribution is 0.0299. The number of hydrogen-bond acceptors (Lipinski definition) is 3. The second kappa shape index (κ2) is 5.55. The van der Waals surface area contributed by atoms with Crippen molar-refractivity contribution in [3.8, 4) is 0 Å². The summed E-state index contributed by atoms with van der Waals surface area (Å²) >= 11 is 1.81. The van der Waals surface area contributed by atoms with Crippen molar-refractivity contribution >= 4 is 11.3 Å². The number of rotatable bonds is 6. The largest absolute Gasteiger partial charge is 0.377 e. The molecule has 2 unspecified atom stereocenters. The van der Waals surface area contributed by atoms with Crippen LogP contribution in [-0.4, -0.2) is 25.3 Å². The summed E-state index contributed by atoms with van der Waals surface area (Å²) < 4.78 is 6.14. The lowest BCUT2D eigenvalue weighted by atomic mass is 9.74. The van der Waals surface area contributed by atoms with Crippen LogP contribution < -0.4 is 5.32 Å². The molecular formula is C16H25NOS. The summed E-state index contributed by atoms with van der Waals surface area (Å²) in [5.41, 5.74) is 1.82. The van der Waals surface area contributed by atoms with Gasteiger partial charge in [-0.3, -0.25) is 0 Å². The second-order valence-corrected chi connectivity index (χ2v) is 7.37. The minimum absolute atomic E-state index is 0.326. The number of nitrogens with one attached hydrogen (secondary N) is 1. The maximum Gasteiger partial charge on any atom is 0.0675 e. The Hall–Kier alpha value is -0.380. The van der Waals surface area contributed by atoms with E-state index in [2.05, 4.69) is 36.0 Å². The fourth-order valence-corrected chi connectivity index (χ4v) is 4.06. The molecule has 2 nitrogen and oxygen atoms in total. The van der Waals surface area contributed by atoms with Crippen LogP contribution in [0.15, 0.2) is 16.8 Å². The van der Waals surface area contributed by atoms with Crippen molar-refractivity contribution in [3.63, 3.8) is 0 Å². The van der Waals surface area contributed by atoms with Crippen LogP contribution in [-0.2, 0) is 11.2 Å². The average Bonchev–Trinajstić information content (AvgIpc) is 2.94. The first-order chi connectivity index (χ1) is 9.20. The summed E-state index contributed by atoms with van der Waals surface area (Å²) in [5.74, 6) is 0.829. The van der Waals surface area contributed by atoms with E-state index in [1.165, 1.54) is 31.2 Å². The number of thiophene rings is 1. The first-order valence-electron chi connectivity index (χ1n) is 7.56. The first-order valence-corrected chi connectivity index (χ1v) is 8.50. The summed E-state index contributed by atoms with van der Waals surface area (Å²) in [5, 5.41) is 8.18. The Morgan fingerprint density at radius 2 is 2.32 bits per heavy atom. The fourth-order valence-electron chi connectivity index (χ4n) is 3.39. The zero-order valence-electron chi connectivity index (χ0n) is 12.0. The highest BCUT2D eigenvalue weighted by molar-refractivity contribution is 7.07. The van der Waals surface area contributed by atoms with Crippen LogP contribution in [0, 0.1) is 11.3 Å². The van der Waals surface area contributed by atoms with E-state index in [1.54, 1.807) is 0 Å². The zero-order valence-corrected chi connectivity index (χ0v) is 12.8. The van der Waals surface area contributed by atoms with Crippen LogP contribution in [0.2, 0.25) is 0 Å². The molecule has 19 heavy (non-hydrogen) atoms. The Bertz CT molecular complexity index is 399. The van der Waals surface area contributed by atoms with E-state index in [0.29, 0.717) is 17.6 Å². The third kappa shape index (κ3) is 3.04. The van der Waals surface area contributed by atoms with Crippen LogP contribution >= 0.6 is 11.3 Å². The van der Waals surface area contributed by atoms with Crippen LogP contribution in [0.1, 0.15) is 38.7 Å². The second-order valence-electron chi connectivity index (χ2n) is 6.59. The van der Waals surface area contributed by atoms with Gasteiger partial charge in [-0.15, -0.1) is 0 Å². The number of hydrogen-bond donors (Lipinski definition) is 1. The summed E-state index contributed by atoms with van der Waals surface area (Å²) in [6.45, 7) is 6.52. The Balaban J connectivity index is 1.77. The van der Waals surface area contributed by atoms with Crippen molar-refractivity contribution in [2.45, 2.75) is 51.7 Å². The molecule has 1 aliphatic heterocycles. The van der Waals surface area contributed by atoms with Gasteiger partial charge in [0.05, 0.1) is 6.10 Å². The Labute approximate surface area is 120 Å². The van der Waals surface area contributed by atoms with Gasteiger partial charge in [0.2, 0.25) is 0 Å². The third-order valence-electron chi connectivity index (χ3n) is 4.55. The Kier molecular flexibility index (Phi) is 3.97. The topological polar surface area (TPSA) is 21.3 Å². The summed E-state index contributed by atoms with van der Waals surface area (Å²) in [6.07, 6.45) is 5.62. The molecule has 3 rings (SSSR count). The molecule has 1 saturated heterocycles. The van der Waals surface area contributed by atoms with Crippen LogP contribution in [0.5, 0.6) is 0 Å². The van der Waals surface area contributed by atoms with Gasteiger partial charge in [-0.25, -0.2) is 0 Å². The van der Waals surface area contributed by atoms with Crippen molar-refractivity contribution < 1.29 is 4.74 Å². The molecule has 2 fully saturated rings. The van der Waals surface area contributed by atoms with E-state index in [1.807, 2.05) is 11.3 Å². The molecule has 0 aromatic carbocycles. The molecule has 1 saturated carbocycles. The summed E-state index contributed by atoms with van der Waals surface area (Å²) in [4.78, 5) is 0. The van der Waals surface area contributed by atoms with Crippen molar-refractivity contribution in [1.82, 2.24) is 5.32 Å². The SMILES string of the molecule is CC(C)NCC1(Cc2ccsc2)CCOC1C1CC1. The zero-order chi connectivity index (χ0) is 13.3. The molecule has 2 atom stereocenters. The first kappa shape index (κ1) is 13.6. The normalized spacial score (nSPS) is 31.2. The maximum atomic E-state index is 6.14. The minimum Gasteiger partial charge on any atom is -0.377 e. The van der Waals surface area contributed by atoms with E-state index < -0.39 is 0 Å². The predicted octanol–water partition coefficient (Wildman–Crippen LogP) is 3.47. The minimum atomic E-state index is 0.326. The molecule has 2 aliphatic rings.